The van der Waals surface area contributed by atoms with Gasteiger partial charge in [-0.2, -0.15) is 0 Å². The Morgan fingerprint density at radius 1 is 1.12 bits per heavy atom. The first-order valence-electron chi connectivity index (χ1n) is 4.33. The van der Waals surface area contributed by atoms with Crippen LogP contribution in [-0.2, 0) is 0 Å². The molecule has 0 aromatic carbocycles. The number of amides is 1. The molecule has 2 aromatic heterocycles. The lowest BCUT2D eigenvalue weighted by Crippen LogP contribution is -2.13. The van der Waals surface area contributed by atoms with E-state index in [2.05, 4.69) is 20.3 Å². The van der Waals surface area contributed by atoms with Crippen LogP contribution in [0, 0.1) is 0 Å². The number of aromatic nitrogens is 3. The van der Waals surface area contributed by atoms with Gasteiger partial charge in [0.05, 0.1) is 18.1 Å². The van der Waals surface area contributed by atoms with Gasteiger partial charge in [-0.25, -0.2) is 4.98 Å². The Balaban J connectivity index is 0.00000128. The van der Waals surface area contributed by atoms with Crippen molar-refractivity contribution in [3.05, 3.63) is 48.8 Å². The van der Waals surface area contributed by atoms with E-state index in [4.69, 9.17) is 0 Å². The van der Waals surface area contributed by atoms with Crippen LogP contribution in [-0.4, -0.2) is 20.9 Å². The van der Waals surface area contributed by atoms with Crippen molar-refractivity contribution in [2.24, 2.45) is 0 Å². The summed E-state index contributed by atoms with van der Waals surface area (Å²) in [6.07, 6.45) is 7.59. The van der Waals surface area contributed by atoms with Gasteiger partial charge < -0.3 is 5.32 Å². The van der Waals surface area contributed by atoms with Crippen LogP contribution in [0.15, 0.2) is 43.1 Å². The SMILES string of the molecule is Cl.O=C(Nc1cccnc1)c1cnccn1. The molecular formula is C10H9ClN4O. The van der Waals surface area contributed by atoms with Gasteiger partial charge in [-0.3, -0.25) is 14.8 Å². The molecule has 0 radical (unpaired) electrons. The Kier molecular flexibility index (Phi) is 4.35. The van der Waals surface area contributed by atoms with Crippen LogP contribution in [0.2, 0.25) is 0 Å². The quantitative estimate of drug-likeness (QED) is 0.859. The molecule has 16 heavy (non-hydrogen) atoms. The number of carbonyl (C=O) groups excluding carboxylic acids is 1. The molecule has 0 saturated heterocycles. The fourth-order valence-corrected chi connectivity index (χ4v) is 1.05. The molecule has 0 spiro atoms. The number of nitrogens with zero attached hydrogens (tertiary/aromatic N) is 3. The molecule has 2 aromatic rings. The topological polar surface area (TPSA) is 67.8 Å². The van der Waals surface area contributed by atoms with Crippen molar-refractivity contribution in [3.63, 3.8) is 0 Å². The molecule has 2 heterocycles. The number of hydrogen-bond donors (Lipinski definition) is 1. The number of pyridine rings is 1. The van der Waals surface area contributed by atoms with Crippen molar-refractivity contribution in [2.45, 2.75) is 0 Å². The molecule has 1 amide bonds. The monoisotopic (exact) mass is 236 g/mol. The predicted octanol–water partition coefficient (Wildman–Crippen LogP) is 1.55. The summed E-state index contributed by atoms with van der Waals surface area (Å²) in [5.74, 6) is -0.295. The number of carbonyl (C=O) groups is 1. The van der Waals surface area contributed by atoms with Gasteiger partial charge >= 0.3 is 0 Å². The number of anilines is 1. The molecule has 6 heteroatoms. The van der Waals surface area contributed by atoms with Crippen molar-refractivity contribution in [3.8, 4) is 0 Å². The van der Waals surface area contributed by atoms with E-state index in [1.807, 2.05) is 0 Å². The number of nitrogens with one attached hydrogen (secondary N) is 1. The minimum atomic E-state index is -0.295. The minimum absolute atomic E-state index is 0. The highest BCUT2D eigenvalue weighted by molar-refractivity contribution is 6.02. The Morgan fingerprint density at radius 2 is 1.94 bits per heavy atom. The van der Waals surface area contributed by atoms with Gasteiger partial charge in [-0.05, 0) is 12.1 Å². The van der Waals surface area contributed by atoms with Crippen LogP contribution in [0.1, 0.15) is 10.5 Å². The van der Waals surface area contributed by atoms with Gasteiger partial charge in [0.2, 0.25) is 0 Å². The summed E-state index contributed by atoms with van der Waals surface area (Å²) in [6.45, 7) is 0. The maximum Gasteiger partial charge on any atom is 0.275 e. The third-order valence-electron chi connectivity index (χ3n) is 1.72. The first-order valence-corrected chi connectivity index (χ1v) is 4.33. The van der Waals surface area contributed by atoms with E-state index in [1.54, 1.807) is 24.5 Å². The molecule has 0 aliphatic rings. The van der Waals surface area contributed by atoms with E-state index in [9.17, 15) is 4.79 Å². The maximum atomic E-state index is 11.6. The first-order chi connectivity index (χ1) is 7.36. The molecule has 0 fully saturated rings. The first kappa shape index (κ1) is 12.1. The van der Waals surface area contributed by atoms with Gasteiger partial charge in [0.25, 0.3) is 5.91 Å². The zero-order valence-electron chi connectivity index (χ0n) is 8.20. The third-order valence-corrected chi connectivity index (χ3v) is 1.72. The van der Waals surface area contributed by atoms with Crippen molar-refractivity contribution < 1.29 is 4.79 Å². The molecular weight excluding hydrogens is 228 g/mol. The second kappa shape index (κ2) is 5.77. The Bertz CT molecular complexity index is 449. The number of rotatable bonds is 2. The van der Waals surface area contributed by atoms with Crippen molar-refractivity contribution in [2.75, 3.05) is 5.32 Å². The van der Waals surface area contributed by atoms with Crippen LogP contribution in [0.4, 0.5) is 5.69 Å². The summed E-state index contributed by atoms with van der Waals surface area (Å²) in [6, 6.07) is 3.49. The zero-order chi connectivity index (χ0) is 10.5. The summed E-state index contributed by atoms with van der Waals surface area (Å²) in [7, 11) is 0. The number of halogens is 1. The lowest BCUT2D eigenvalue weighted by Gasteiger charge is -2.02. The van der Waals surface area contributed by atoms with Crippen LogP contribution in [0.3, 0.4) is 0 Å². The molecule has 5 nitrogen and oxygen atoms in total. The second-order valence-electron chi connectivity index (χ2n) is 2.79. The Labute approximate surface area is 98.4 Å². The predicted molar refractivity (Wildman–Crippen MR) is 61.5 cm³/mol. The molecule has 0 atom stereocenters. The minimum Gasteiger partial charge on any atom is -0.319 e. The van der Waals surface area contributed by atoms with Crippen LogP contribution >= 0.6 is 12.4 Å². The molecule has 0 aliphatic heterocycles. The van der Waals surface area contributed by atoms with Gasteiger partial charge in [-0.1, -0.05) is 0 Å². The molecule has 0 bridgehead atoms. The van der Waals surface area contributed by atoms with Gasteiger partial charge in [0.15, 0.2) is 0 Å². The van der Waals surface area contributed by atoms with E-state index in [-0.39, 0.29) is 24.0 Å². The standard InChI is InChI=1S/C10H8N4O.ClH/c15-10(9-7-12-4-5-13-9)14-8-2-1-3-11-6-8;/h1-7H,(H,14,15);1H. The van der Waals surface area contributed by atoms with Crippen molar-refractivity contribution in [1.82, 2.24) is 15.0 Å². The van der Waals surface area contributed by atoms with E-state index < -0.39 is 0 Å². The molecule has 0 saturated carbocycles. The molecule has 2 rings (SSSR count). The van der Waals surface area contributed by atoms with Gasteiger partial charge in [0, 0.05) is 18.6 Å². The Morgan fingerprint density at radius 3 is 2.56 bits per heavy atom. The molecule has 0 aliphatic carbocycles. The van der Waals surface area contributed by atoms with Crippen LogP contribution < -0.4 is 5.32 Å². The molecule has 82 valence electrons. The largest absolute Gasteiger partial charge is 0.319 e. The Hall–Kier alpha value is -2.01. The normalized spacial score (nSPS) is 9.00. The molecule has 1 N–H and O–H groups in total. The summed E-state index contributed by atoms with van der Waals surface area (Å²) in [5.41, 5.74) is 0.912. The van der Waals surface area contributed by atoms with E-state index in [1.165, 1.54) is 18.6 Å². The summed E-state index contributed by atoms with van der Waals surface area (Å²) in [4.78, 5) is 23.1. The van der Waals surface area contributed by atoms with Gasteiger partial charge in [-0.15, -0.1) is 12.4 Å². The zero-order valence-corrected chi connectivity index (χ0v) is 9.02. The highest BCUT2D eigenvalue weighted by Gasteiger charge is 2.06. The number of hydrogen-bond acceptors (Lipinski definition) is 4. The average molecular weight is 237 g/mol. The average Bonchev–Trinajstić information content (AvgIpc) is 2.31. The fraction of sp³-hybridized carbons (Fsp3) is 0. The van der Waals surface area contributed by atoms with Crippen LogP contribution in [0.25, 0.3) is 0 Å². The third kappa shape index (κ3) is 2.99. The molecule has 0 unspecified atom stereocenters. The van der Waals surface area contributed by atoms with Crippen molar-refractivity contribution in [1.29, 1.82) is 0 Å². The van der Waals surface area contributed by atoms with E-state index in [0.717, 1.165) is 0 Å². The van der Waals surface area contributed by atoms with Crippen molar-refractivity contribution >= 4 is 24.0 Å². The summed E-state index contributed by atoms with van der Waals surface area (Å²) < 4.78 is 0. The van der Waals surface area contributed by atoms with Crippen LogP contribution in [0.5, 0.6) is 0 Å². The smallest absolute Gasteiger partial charge is 0.275 e. The van der Waals surface area contributed by atoms with E-state index in [0.29, 0.717) is 5.69 Å². The second-order valence-corrected chi connectivity index (χ2v) is 2.79. The summed E-state index contributed by atoms with van der Waals surface area (Å²) in [5, 5.41) is 2.65. The highest BCUT2D eigenvalue weighted by Crippen LogP contribution is 2.04. The highest BCUT2D eigenvalue weighted by atomic mass is 35.5. The van der Waals surface area contributed by atoms with E-state index >= 15 is 0 Å². The maximum absolute atomic E-state index is 11.6. The van der Waals surface area contributed by atoms with Gasteiger partial charge in [0.1, 0.15) is 5.69 Å². The lowest BCUT2D eigenvalue weighted by molar-refractivity contribution is 0.102. The summed E-state index contributed by atoms with van der Waals surface area (Å²) >= 11 is 0. The fourth-order valence-electron chi connectivity index (χ4n) is 1.05. The lowest BCUT2D eigenvalue weighted by atomic mass is 10.3.